The van der Waals surface area contributed by atoms with E-state index in [4.69, 9.17) is 11.6 Å². The zero-order valence-corrected chi connectivity index (χ0v) is 18.9. The fourth-order valence-corrected chi connectivity index (χ4v) is 4.64. The molecular weight excluding hydrogens is 472 g/mol. The predicted molar refractivity (Wildman–Crippen MR) is 121 cm³/mol. The molecule has 1 aromatic heterocycles. The Bertz CT molecular complexity index is 1280. The van der Waals surface area contributed by atoms with E-state index in [1.165, 1.54) is 37.3 Å². The smallest absolute Gasteiger partial charge is 0.345 e. The van der Waals surface area contributed by atoms with Gasteiger partial charge in [0.25, 0.3) is 11.5 Å². The minimum absolute atomic E-state index is 0.0455. The number of halogens is 5. The summed E-state index contributed by atoms with van der Waals surface area (Å²) in [6.07, 6.45) is -2.65. The van der Waals surface area contributed by atoms with Crippen LogP contribution in [0.4, 0.5) is 17.6 Å². The minimum atomic E-state index is -5.05. The molecule has 2 aromatic carbocycles. The summed E-state index contributed by atoms with van der Waals surface area (Å²) in [5.74, 6) is -1.59. The molecule has 1 saturated carbocycles. The highest BCUT2D eigenvalue weighted by Gasteiger charge is 2.42. The molecule has 1 atom stereocenters. The van der Waals surface area contributed by atoms with Crippen molar-refractivity contribution in [3.05, 3.63) is 98.2 Å². The zero-order chi connectivity index (χ0) is 24.6. The number of carbonyl (C=O) groups excluding carboxylic acids is 1. The molecule has 0 saturated heterocycles. The molecule has 1 aliphatic carbocycles. The van der Waals surface area contributed by atoms with Crippen LogP contribution in [0, 0.1) is 18.7 Å². The lowest BCUT2D eigenvalue weighted by atomic mass is 9.77. The van der Waals surface area contributed by atoms with E-state index in [9.17, 15) is 27.2 Å². The van der Waals surface area contributed by atoms with Crippen molar-refractivity contribution in [3.8, 4) is 5.69 Å². The van der Waals surface area contributed by atoms with Crippen LogP contribution in [0.15, 0.2) is 59.4 Å². The standard InChI is InChI=1S/C25H21ClF4N2O2/c1-14-19(23(33)31-22(15-7-5-8-15)16-9-6-10-17(27)13-16)20(25(28,29)30)21(26)24(34)32(14)18-11-3-2-4-12-18/h2-4,6,9-13,15,22H,5,7-8H2,1H3,(H,31,33)/t22-/m0/s1. The van der Waals surface area contributed by atoms with E-state index in [1.54, 1.807) is 24.3 Å². The number of alkyl halides is 3. The van der Waals surface area contributed by atoms with Crippen LogP contribution in [0.3, 0.4) is 0 Å². The number of rotatable bonds is 5. The summed E-state index contributed by atoms with van der Waals surface area (Å²) in [7, 11) is 0. The van der Waals surface area contributed by atoms with Crippen molar-refractivity contribution in [2.24, 2.45) is 5.92 Å². The third-order valence-corrected chi connectivity index (χ3v) is 6.55. The van der Waals surface area contributed by atoms with E-state index in [0.717, 1.165) is 23.8 Å². The third kappa shape index (κ3) is 4.46. The second kappa shape index (κ2) is 9.25. The van der Waals surface area contributed by atoms with Crippen LogP contribution in [0.2, 0.25) is 5.02 Å². The molecule has 1 aliphatic rings. The van der Waals surface area contributed by atoms with Gasteiger partial charge in [-0.05, 0) is 55.5 Å². The van der Waals surface area contributed by atoms with Gasteiger partial charge >= 0.3 is 6.18 Å². The van der Waals surface area contributed by atoms with Crippen molar-refractivity contribution in [3.63, 3.8) is 0 Å². The summed E-state index contributed by atoms with van der Waals surface area (Å²) in [5.41, 5.74) is -2.75. The van der Waals surface area contributed by atoms with E-state index in [2.05, 4.69) is 5.32 Å². The quantitative estimate of drug-likeness (QED) is 0.429. The summed E-state index contributed by atoms with van der Waals surface area (Å²) in [4.78, 5) is 26.2. The van der Waals surface area contributed by atoms with Gasteiger partial charge in [0, 0.05) is 11.4 Å². The number of amides is 1. The number of nitrogens with one attached hydrogen (secondary N) is 1. The van der Waals surface area contributed by atoms with Gasteiger partial charge in [-0.1, -0.05) is 48.4 Å². The number of para-hydroxylation sites is 1. The largest absolute Gasteiger partial charge is 0.418 e. The molecule has 0 unspecified atom stereocenters. The molecule has 3 aromatic rings. The molecular formula is C25H21ClF4N2O2. The van der Waals surface area contributed by atoms with Crippen molar-refractivity contribution in [1.82, 2.24) is 9.88 Å². The molecule has 0 spiro atoms. The lowest BCUT2D eigenvalue weighted by Crippen LogP contribution is -2.39. The van der Waals surface area contributed by atoms with Gasteiger partial charge in [0.05, 0.1) is 17.2 Å². The lowest BCUT2D eigenvalue weighted by molar-refractivity contribution is -0.138. The van der Waals surface area contributed by atoms with Gasteiger partial charge in [-0.15, -0.1) is 0 Å². The van der Waals surface area contributed by atoms with Gasteiger partial charge in [-0.3, -0.25) is 14.2 Å². The van der Waals surface area contributed by atoms with Crippen LogP contribution < -0.4 is 10.9 Å². The normalized spacial score (nSPS) is 15.0. The molecule has 34 heavy (non-hydrogen) atoms. The Kier molecular flexibility index (Phi) is 6.53. The molecule has 178 valence electrons. The first kappa shape index (κ1) is 24.0. The van der Waals surface area contributed by atoms with Crippen LogP contribution in [-0.2, 0) is 6.18 Å². The highest BCUT2D eigenvalue weighted by molar-refractivity contribution is 6.31. The lowest BCUT2D eigenvalue weighted by Gasteiger charge is -2.35. The van der Waals surface area contributed by atoms with Gasteiger partial charge in [0.2, 0.25) is 0 Å². The second-order valence-corrected chi connectivity index (χ2v) is 8.70. The Labute approximate surface area is 198 Å². The van der Waals surface area contributed by atoms with E-state index >= 15 is 0 Å². The number of hydrogen-bond donors (Lipinski definition) is 1. The Hall–Kier alpha value is -3.13. The van der Waals surface area contributed by atoms with Crippen molar-refractivity contribution < 1.29 is 22.4 Å². The Balaban J connectivity index is 1.87. The van der Waals surface area contributed by atoms with Crippen LogP contribution in [-0.4, -0.2) is 10.5 Å². The molecule has 0 radical (unpaired) electrons. The first-order valence-electron chi connectivity index (χ1n) is 10.7. The highest BCUT2D eigenvalue weighted by atomic mass is 35.5. The van der Waals surface area contributed by atoms with Crippen molar-refractivity contribution in [2.45, 2.75) is 38.4 Å². The van der Waals surface area contributed by atoms with Crippen LogP contribution in [0.1, 0.15) is 52.5 Å². The number of carbonyl (C=O) groups is 1. The topological polar surface area (TPSA) is 51.1 Å². The highest BCUT2D eigenvalue weighted by Crippen LogP contribution is 2.40. The molecule has 0 aliphatic heterocycles. The van der Waals surface area contributed by atoms with E-state index in [1.807, 2.05) is 0 Å². The van der Waals surface area contributed by atoms with Gasteiger partial charge in [0.15, 0.2) is 0 Å². The fourth-order valence-electron chi connectivity index (χ4n) is 4.35. The number of benzene rings is 2. The molecule has 1 heterocycles. The summed E-state index contributed by atoms with van der Waals surface area (Å²) in [6.45, 7) is 1.27. The summed E-state index contributed by atoms with van der Waals surface area (Å²) < 4.78 is 57.0. The number of hydrogen-bond acceptors (Lipinski definition) is 2. The summed E-state index contributed by atoms with van der Waals surface area (Å²) in [5, 5.41) is 1.59. The molecule has 1 fully saturated rings. The third-order valence-electron chi connectivity index (χ3n) is 6.20. The predicted octanol–water partition coefficient (Wildman–Crippen LogP) is 6.23. The average Bonchev–Trinajstić information content (AvgIpc) is 2.74. The van der Waals surface area contributed by atoms with Gasteiger partial charge in [-0.2, -0.15) is 13.2 Å². The number of pyridine rings is 1. The fraction of sp³-hybridized carbons (Fsp3) is 0.280. The Morgan fingerprint density at radius 1 is 1.12 bits per heavy atom. The minimum Gasteiger partial charge on any atom is -0.345 e. The van der Waals surface area contributed by atoms with Crippen LogP contribution in [0.5, 0.6) is 0 Å². The number of nitrogens with zero attached hydrogens (tertiary/aromatic N) is 1. The van der Waals surface area contributed by atoms with E-state index in [-0.39, 0.29) is 17.3 Å². The van der Waals surface area contributed by atoms with Gasteiger partial charge in [0.1, 0.15) is 10.8 Å². The molecule has 4 nitrogen and oxygen atoms in total. The molecule has 1 N–H and O–H groups in total. The van der Waals surface area contributed by atoms with Crippen molar-refractivity contribution in [1.29, 1.82) is 0 Å². The van der Waals surface area contributed by atoms with Gasteiger partial charge in [-0.25, -0.2) is 4.39 Å². The van der Waals surface area contributed by atoms with E-state index < -0.39 is 45.7 Å². The monoisotopic (exact) mass is 492 g/mol. The first-order chi connectivity index (χ1) is 16.1. The molecule has 9 heteroatoms. The van der Waals surface area contributed by atoms with E-state index in [0.29, 0.717) is 5.56 Å². The van der Waals surface area contributed by atoms with Crippen LogP contribution >= 0.6 is 11.6 Å². The Morgan fingerprint density at radius 2 is 1.79 bits per heavy atom. The average molecular weight is 493 g/mol. The zero-order valence-electron chi connectivity index (χ0n) is 18.1. The maximum atomic E-state index is 14.1. The Morgan fingerprint density at radius 3 is 2.35 bits per heavy atom. The van der Waals surface area contributed by atoms with Crippen LogP contribution in [0.25, 0.3) is 5.69 Å². The SMILES string of the molecule is Cc1c(C(=O)N[C@H](c2cccc(F)c2)C2CCC2)c(C(F)(F)F)c(Cl)c(=O)n1-c1ccccc1. The van der Waals surface area contributed by atoms with Crippen molar-refractivity contribution in [2.75, 3.05) is 0 Å². The summed E-state index contributed by atoms with van der Waals surface area (Å²) >= 11 is 5.95. The number of aromatic nitrogens is 1. The molecule has 1 amide bonds. The maximum Gasteiger partial charge on any atom is 0.418 e. The summed E-state index contributed by atoms with van der Waals surface area (Å²) in [6, 6.07) is 12.9. The second-order valence-electron chi connectivity index (χ2n) is 8.32. The van der Waals surface area contributed by atoms with Gasteiger partial charge < -0.3 is 5.32 Å². The maximum absolute atomic E-state index is 14.1. The molecule has 4 rings (SSSR count). The van der Waals surface area contributed by atoms with Crippen molar-refractivity contribution >= 4 is 17.5 Å². The first-order valence-corrected chi connectivity index (χ1v) is 11.1. The molecule has 0 bridgehead atoms.